The van der Waals surface area contributed by atoms with Crippen molar-refractivity contribution in [1.29, 1.82) is 0 Å². The monoisotopic (exact) mass is 303 g/mol. The van der Waals surface area contributed by atoms with E-state index in [-0.39, 0.29) is 5.82 Å². The Bertz CT molecular complexity index is 739. The summed E-state index contributed by atoms with van der Waals surface area (Å²) in [5.41, 5.74) is 2.52. The van der Waals surface area contributed by atoms with E-state index < -0.39 is 0 Å². The Kier molecular flexibility index (Phi) is 3.81. The second-order valence-corrected chi connectivity index (χ2v) is 5.78. The van der Waals surface area contributed by atoms with Crippen LogP contribution in [0.1, 0.15) is 10.6 Å². The lowest BCUT2D eigenvalue weighted by molar-refractivity contribution is 0.614. The Morgan fingerprint density at radius 3 is 2.75 bits per heavy atom. The first-order valence-corrected chi connectivity index (χ1v) is 7.42. The molecule has 0 spiro atoms. The third-order valence-electron chi connectivity index (χ3n) is 2.97. The highest BCUT2D eigenvalue weighted by atomic mass is 35.5. The van der Waals surface area contributed by atoms with Crippen LogP contribution in [0, 0.1) is 5.82 Å². The van der Waals surface area contributed by atoms with Crippen LogP contribution in [-0.2, 0) is 6.42 Å². The number of halogens is 2. The van der Waals surface area contributed by atoms with Gasteiger partial charge in [-0.15, -0.1) is 11.3 Å². The van der Waals surface area contributed by atoms with Crippen molar-refractivity contribution in [2.24, 2.45) is 0 Å². The maximum absolute atomic E-state index is 13.6. The van der Waals surface area contributed by atoms with Gasteiger partial charge in [0.05, 0.1) is 10.7 Å². The molecule has 0 saturated heterocycles. The molecular weight excluding hydrogens is 293 g/mol. The highest BCUT2D eigenvalue weighted by Gasteiger charge is 2.08. The Balaban J connectivity index is 1.86. The van der Waals surface area contributed by atoms with E-state index in [0.29, 0.717) is 17.0 Å². The van der Waals surface area contributed by atoms with Gasteiger partial charge in [0.15, 0.2) is 0 Å². The Morgan fingerprint density at radius 1 is 1.10 bits per heavy atom. The first-order valence-electron chi connectivity index (χ1n) is 6.16. The fraction of sp³-hybridized carbons (Fsp3) is 0.0625. The van der Waals surface area contributed by atoms with Crippen LogP contribution in [0.5, 0.6) is 0 Å². The summed E-state index contributed by atoms with van der Waals surface area (Å²) >= 11 is 7.51. The number of hydrogen-bond donors (Lipinski definition) is 0. The van der Waals surface area contributed by atoms with E-state index in [1.54, 1.807) is 12.1 Å². The maximum Gasteiger partial charge on any atom is 0.126 e. The lowest BCUT2D eigenvalue weighted by Crippen LogP contribution is -1.91. The third kappa shape index (κ3) is 2.89. The summed E-state index contributed by atoms with van der Waals surface area (Å²) in [5, 5.41) is 3.55. The van der Waals surface area contributed by atoms with Crippen molar-refractivity contribution in [2.45, 2.75) is 6.42 Å². The predicted octanol–water partition coefficient (Wildman–Crippen LogP) is 5.19. The van der Waals surface area contributed by atoms with E-state index in [2.05, 4.69) is 4.98 Å². The van der Waals surface area contributed by atoms with Crippen molar-refractivity contribution in [1.82, 2.24) is 4.98 Å². The molecule has 100 valence electrons. The largest absolute Gasteiger partial charge is 0.241 e. The van der Waals surface area contributed by atoms with Crippen LogP contribution >= 0.6 is 22.9 Å². The highest BCUT2D eigenvalue weighted by molar-refractivity contribution is 7.10. The van der Waals surface area contributed by atoms with Gasteiger partial charge in [0.1, 0.15) is 5.82 Å². The Hall–Kier alpha value is -1.71. The van der Waals surface area contributed by atoms with Crippen molar-refractivity contribution in [3.8, 4) is 11.3 Å². The molecule has 0 N–H and O–H groups in total. The molecule has 0 bridgehead atoms. The van der Waals surface area contributed by atoms with E-state index in [9.17, 15) is 4.39 Å². The second-order valence-electron chi connectivity index (χ2n) is 4.41. The van der Waals surface area contributed by atoms with Gasteiger partial charge in [0.2, 0.25) is 0 Å². The Labute approximate surface area is 125 Å². The molecule has 1 aromatic heterocycles. The molecule has 0 fully saturated rings. The van der Waals surface area contributed by atoms with Crippen LogP contribution in [0.25, 0.3) is 11.3 Å². The molecule has 0 saturated carbocycles. The first-order chi connectivity index (χ1) is 9.72. The molecule has 20 heavy (non-hydrogen) atoms. The number of nitrogens with zero attached hydrogens (tertiary/aromatic N) is 1. The number of hydrogen-bond acceptors (Lipinski definition) is 2. The summed E-state index contributed by atoms with van der Waals surface area (Å²) in [4.78, 5) is 4.55. The van der Waals surface area contributed by atoms with E-state index in [0.717, 1.165) is 16.3 Å². The van der Waals surface area contributed by atoms with Crippen LogP contribution in [0.4, 0.5) is 4.39 Å². The van der Waals surface area contributed by atoms with E-state index >= 15 is 0 Å². The van der Waals surface area contributed by atoms with Crippen molar-refractivity contribution < 1.29 is 4.39 Å². The molecule has 1 heterocycles. The summed E-state index contributed by atoms with van der Waals surface area (Å²) in [5.74, 6) is -0.188. The molecule has 1 nitrogen and oxygen atoms in total. The molecule has 0 aliphatic heterocycles. The molecule has 3 rings (SSSR count). The predicted molar refractivity (Wildman–Crippen MR) is 81.8 cm³/mol. The van der Waals surface area contributed by atoms with Gasteiger partial charge in [-0.3, -0.25) is 0 Å². The highest BCUT2D eigenvalue weighted by Crippen LogP contribution is 2.25. The molecular formula is C16H11ClFNS. The van der Waals surface area contributed by atoms with Gasteiger partial charge in [0.25, 0.3) is 0 Å². The second kappa shape index (κ2) is 5.73. The van der Waals surface area contributed by atoms with Crippen molar-refractivity contribution in [2.75, 3.05) is 0 Å². The van der Waals surface area contributed by atoms with Crippen LogP contribution in [0.3, 0.4) is 0 Å². The van der Waals surface area contributed by atoms with Crippen LogP contribution in [-0.4, -0.2) is 4.98 Å². The third-order valence-corrected chi connectivity index (χ3v) is 4.06. The van der Waals surface area contributed by atoms with Gasteiger partial charge in [-0.05, 0) is 23.8 Å². The topological polar surface area (TPSA) is 12.9 Å². The molecule has 0 aliphatic rings. The molecule has 0 atom stereocenters. The minimum Gasteiger partial charge on any atom is -0.241 e. The molecule has 4 heteroatoms. The smallest absolute Gasteiger partial charge is 0.126 e. The zero-order valence-electron chi connectivity index (χ0n) is 10.5. The summed E-state index contributed by atoms with van der Waals surface area (Å²) in [6, 6.07) is 14.4. The minimum absolute atomic E-state index is 0.188. The number of benzene rings is 2. The molecule has 0 unspecified atom stereocenters. The van der Waals surface area contributed by atoms with E-state index in [1.807, 2.05) is 35.7 Å². The lowest BCUT2D eigenvalue weighted by atomic mass is 10.1. The molecule has 2 aromatic carbocycles. The van der Waals surface area contributed by atoms with Gasteiger partial charge in [-0.2, -0.15) is 0 Å². The van der Waals surface area contributed by atoms with Crippen molar-refractivity contribution >= 4 is 22.9 Å². The van der Waals surface area contributed by atoms with Crippen molar-refractivity contribution in [3.63, 3.8) is 0 Å². The molecule has 0 aliphatic carbocycles. The summed E-state index contributed by atoms with van der Waals surface area (Å²) in [7, 11) is 0. The maximum atomic E-state index is 13.6. The van der Waals surface area contributed by atoms with Crippen LogP contribution in [0.15, 0.2) is 53.9 Å². The number of aromatic nitrogens is 1. The van der Waals surface area contributed by atoms with Crippen LogP contribution < -0.4 is 0 Å². The fourth-order valence-electron chi connectivity index (χ4n) is 1.98. The normalized spacial score (nSPS) is 10.7. The zero-order chi connectivity index (χ0) is 13.9. The van der Waals surface area contributed by atoms with Gasteiger partial charge < -0.3 is 0 Å². The summed E-state index contributed by atoms with van der Waals surface area (Å²) in [6.07, 6.45) is 0.512. The quantitative estimate of drug-likeness (QED) is 0.648. The lowest BCUT2D eigenvalue weighted by Gasteiger charge is -2.00. The van der Waals surface area contributed by atoms with Gasteiger partial charge in [-0.25, -0.2) is 9.37 Å². The van der Waals surface area contributed by atoms with Crippen molar-refractivity contribution in [3.05, 3.63) is 75.3 Å². The Morgan fingerprint density at radius 2 is 1.95 bits per heavy atom. The standard InChI is InChI=1S/C16H11ClFNS/c17-13-6-3-5-12(8-13)15-10-20-16(19-15)9-11-4-1-2-7-14(11)18/h1-8,10H,9H2. The van der Waals surface area contributed by atoms with Gasteiger partial charge >= 0.3 is 0 Å². The first kappa shape index (κ1) is 13.3. The van der Waals surface area contributed by atoms with Gasteiger partial charge in [-0.1, -0.05) is 41.9 Å². The molecule has 3 aromatic rings. The minimum atomic E-state index is -0.188. The number of thiazole rings is 1. The van der Waals surface area contributed by atoms with E-state index in [4.69, 9.17) is 11.6 Å². The molecule has 0 radical (unpaired) electrons. The number of rotatable bonds is 3. The zero-order valence-corrected chi connectivity index (χ0v) is 12.1. The van der Waals surface area contributed by atoms with Gasteiger partial charge in [0, 0.05) is 22.4 Å². The average molecular weight is 304 g/mol. The van der Waals surface area contributed by atoms with E-state index in [1.165, 1.54) is 17.4 Å². The SMILES string of the molecule is Fc1ccccc1Cc1nc(-c2cccc(Cl)c2)cs1. The summed E-state index contributed by atoms with van der Waals surface area (Å²) < 4.78 is 13.6. The molecule has 0 amide bonds. The fourth-order valence-corrected chi connectivity index (χ4v) is 2.99. The average Bonchev–Trinajstić information content (AvgIpc) is 2.90. The van der Waals surface area contributed by atoms with Crippen LogP contribution in [0.2, 0.25) is 5.02 Å². The summed E-state index contributed by atoms with van der Waals surface area (Å²) in [6.45, 7) is 0.